The van der Waals surface area contributed by atoms with Gasteiger partial charge >= 0.3 is 0 Å². The SMILES string of the molecule is N#CCc1cccc2c(=O)c3ccccc3sc12. The van der Waals surface area contributed by atoms with Gasteiger partial charge in [-0.15, -0.1) is 11.3 Å². The van der Waals surface area contributed by atoms with Gasteiger partial charge in [-0.05, 0) is 23.8 Å². The molecule has 0 aliphatic carbocycles. The van der Waals surface area contributed by atoms with E-state index in [4.69, 9.17) is 5.26 Å². The van der Waals surface area contributed by atoms with Crippen molar-refractivity contribution in [3.05, 3.63) is 58.3 Å². The molecule has 86 valence electrons. The highest BCUT2D eigenvalue weighted by molar-refractivity contribution is 7.24. The molecular formula is C15H9NOS. The Balaban J connectivity index is 2.52. The fourth-order valence-electron chi connectivity index (χ4n) is 2.11. The van der Waals surface area contributed by atoms with Crippen LogP contribution in [0.1, 0.15) is 5.56 Å². The molecule has 0 amide bonds. The summed E-state index contributed by atoms with van der Waals surface area (Å²) in [5.74, 6) is 0. The molecule has 2 nitrogen and oxygen atoms in total. The Kier molecular flexibility index (Phi) is 2.58. The zero-order valence-electron chi connectivity index (χ0n) is 9.51. The van der Waals surface area contributed by atoms with Gasteiger partial charge in [-0.1, -0.05) is 24.3 Å². The van der Waals surface area contributed by atoms with E-state index in [1.807, 2.05) is 42.5 Å². The second kappa shape index (κ2) is 4.25. The molecule has 3 heteroatoms. The molecular weight excluding hydrogens is 242 g/mol. The predicted molar refractivity (Wildman–Crippen MR) is 74.9 cm³/mol. The van der Waals surface area contributed by atoms with Crippen LogP contribution in [-0.2, 0) is 6.42 Å². The van der Waals surface area contributed by atoms with Crippen LogP contribution in [0.15, 0.2) is 47.3 Å². The largest absolute Gasteiger partial charge is 0.289 e. The van der Waals surface area contributed by atoms with Crippen molar-refractivity contribution in [3.8, 4) is 6.07 Å². The van der Waals surface area contributed by atoms with Gasteiger partial charge in [0, 0.05) is 20.2 Å². The summed E-state index contributed by atoms with van der Waals surface area (Å²) in [7, 11) is 0. The normalized spacial score (nSPS) is 10.6. The van der Waals surface area contributed by atoms with Gasteiger partial charge in [0.2, 0.25) is 0 Å². The zero-order valence-corrected chi connectivity index (χ0v) is 10.3. The van der Waals surface area contributed by atoms with Gasteiger partial charge in [0.05, 0.1) is 12.5 Å². The summed E-state index contributed by atoms with van der Waals surface area (Å²) in [6.45, 7) is 0. The van der Waals surface area contributed by atoms with Crippen LogP contribution in [0.5, 0.6) is 0 Å². The third-order valence-electron chi connectivity index (χ3n) is 2.95. The van der Waals surface area contributed by atoms with Crippen molar-refractivity contribution < 1.29 is 0 Å². The molecule has 0 saturated carbocycles. The number of nitrogens with zero attached hydrogens (tertiary/aromatic N) is 1. The highest BCUT2D eigenvalue weighted by Gasteiger charge is 2.08. The van der Waals surface area contributed by atoms with E-state index in [0.29, 0.717) is 11.8 Å². The first-order valence-electron chi connectivity index (χ1n) is 5.61. The fraction of sp³-hybridized carbons (Fsp3) is 0.0667. The lowest BCUT2D eigenvalue weighted by Gasteiger charge is -2.04. The maximum absolute atomic E-state index is 12.4. The minimum Gasteiger partial charge on any atom is -0.289 e. The number of benzene rings is 2. The highest BCUT2D eigenvalue weighted by atomic mass is 32.1. The third kappa shape index (κ3) is 1.59. The lowest BCUT2D eigenvalue weighted by Crippen LogP contribution is -2.01. The molecule has 3 rings (SSSR count). The summed E-state index contributed by atoms with van der Waals surface area (Å²) in [6.07, 6.45) is 0.339. The van der Waals surface area contributed by atoms with Gasteiger partial charge in [-0.25, -0.2) is 0 Å². The monoisotopic (exact) mass is 251 g/mol. The molecule has 0 atom stereocenters. The maximum Gasteiger partial charge on any atom is 0.195 e. The number of hydrogen-bond acceptors (Lipinski definition) is 3. The molecule has 0 aliphatic rings. The Hall–Kier alpha value is -2.18. The first-order valence-corrected chi connectivity index (χ1v) is 6.43. The van der Waals surface area contributed by atoms with Gasteiger partial charge in [0.1, 0.15) is 0 Å². The molecule has 1 aromatic heterocycles. The summed E-state index contributed by atoms with van der Waals surface area (Å²) in [6, 6.07) is 15.3. The Morgan fingerprint density at radius 3 is 2.67 bits per heavy atom. The molecule has 0 N–H and O–H groups in total. The van der Waals surface area contributed by atoms with Gasteiger partial charge in [-0.3, -0.25) is 4.79 Å². The number of hydrogen-bond donors (Lipinski definition) is 0. The molecule has 0 spiro atoms. The van der Waals surface area contributed by atoms with Crippen molar-refractivity contribution in [2.24, 2.45) is 0 Å². The average molecular weight is 251 g/mol. The van der Waals surface area contributed by atoms with E-state index in [9.17, 15) is 4.79 Å². The van der Waals surface area contributed by atoms with Crippen molar-refractivity contribution in [1.82, 2.24) is 0 Å². The quantitative estimate of drug-likeness (QED) is 0.621. The van der Waals surface area contributed by atoms with Gasteiger partial charge in [-0.2, -0.15) is 5.26 Å². The number of fused-ring (bicyclic) bond motifs is 2. The smallest absolute Gasteiger partial charge is 0.195 e. The summed E-state index contributed by atoms with van der Waals surface area (Å²) in [5.41, 5.74) is 0.988. The third-order valence-corrected chi connectivity index (χ3v) is 4.22. The molecule has 0 unspecified atom stereocenters. The van der Waals surface area contributed by atoms with E-state index in [1.54, 1.807) is 11.3 Å². The van der Waals surface area contributed by atoms with Crippen LogP contribution in [-0.4, -0.2) is 0 Å². The maximum atomic E-state index is 12.4. The second-order valence-electron chi connectivity index (χ2n) is 4.06. The van der Waals surface area contributed by atoms with E-state index < -0.39 is 0 Å². The summed E-state index contributed by atoms with van der Waals surface area (Å²) >= 11 is 1.58. The Morgan fingerprint density at radius 1 is 1.06 bits per heavy atom. The molecule has 3 aromatic rings. The van der Waals surface area contributed by atoms with Gasteiger partial charge in [0.15, 0.2) is 5.43 Å². The molecule has 0 aliphatic heterocycles. The Morgan fingerprint density at radius 2 is 1.83 bits per heavy atom. The fourth-order valence-corrected chi connectivity index (χ4v) is 3.29. The first kappa shape index (κ1) is 10.9. The lowest BCUT2D eigenvalue weighted by molar-refractivity contribution is 1.29. The molecule has 18 heavy (non-hydrogen) atoms. The van der Waals surface area contributed by atoms with E-state index in [2.05, 4.69) is 6.07 Å². The minimum absolute atomic E-state index is 0.0548. The molecule has 0 bridgehead atoms. The second-order valence-corrected chi connectivity index (χ2v) is 5.11. The van der Waals surface area contributed by atoms with Crippen LogP contribution >= 0.6 is 11.3 Å². The van der Waals surface area contributed by atoms with E-state index >= 15 is 0 Å². The molecule has 0 saturated heterocycles. The summed E-state index contributed by atoms with van der Waals surface area (Å²) < 4.78 is 1.91. The average Bonchev–Trinajstić information content (AvgIpc) is 2.40. The number of nitriles is 1. The highest BCUT2D eigenvalue weighted by Crippen LogP contribution is 2.27. The molecule has 0 fully saturated rings. The Bertz CT molecular complexity index is 842. The van der Waals surface area contributed by atoms with Crippen LogP contribution in [0.4, 0.5) is 0 Å². The number of rotatable bonds is 1. The molecule has 0 radical (unpaired) electrons. The van der Waals surface area contributed by atoms with Crippen LogP contribution in [0, 0.1) is 11.3 Å². The van der Waals surface area contributed by atoms with Crippen molar-refractivity contribution in [2.75, 3.05) is 0 Å². The predicted octanol–water partition coefficient (Wildman–Crippen LogP) is 3.48. The minimum atomic E-state index is 0.0548. The standard InChI is InChI=1S/C15H9NOS/c16-9-8-10-4-3-6-12-14(17)11-5-1-2-7-13(11)18-15(10)12/h1-7H,8H2. The van der Waals surface area contributed by atoms with Crippen molar-refractivity contribution in [2.45, 2.75) is 6.42 Å². The first-order chi connectivity index (χ1) is 8.81. The van der Waals surface area contributed by atoms with E-state index in [1.165, 1.54) is 0 Å². The van der Waals surface area contributed by atoms with Crippen LogP contribution in [0.3, 0.4) is 0 Å². The van der Waals surface area contributed by atoms with Crippen LogP contribution < -0.4 is 5.43 Å². The van der Waals surface area contributed by atoms with Crippen molar-refractivity contribution >= 4 is 31.5 Å². The Labute approximate surface area is 108 Å². The zero-order chi connectivity index (χ0) is 12.5. The molecule has 2 aromatic carbocycles. The summed E-state index contributed by atoms with van der Waals surface area (Å²) in [4.78, 5) is 12.4. The van der Waals surface area contributed by atoms with Crippen molar-refractivity contribution in [3.63, 3.8) is 0 Å². The molecule has 1 heterocycles. The van der Waals surface area contributed by atoms with Gasteiger partial charge < -0.3 is 0 Å². The van der Waals surface area contributed by atoms with Gasteiger partial charge in [0.25, 0.3) is 0 Å². The lowest BCUT2D eigenvalue weighted by atomic mass is 10.1. The van der Waals surface area contributed by atoms with Crippen molar-refractivity contribution in [1.29, 1.82) is 5.26 Å². The summed E-state index contributed by atoms with van der Waals surface area (Å²) in [5, 5.41) is 10.3. The van der Waals surface area contributed by atoms with E-state index in [0.717, 1.165) is 20.3 Å². The van der Waals surface area contributed by atoms with Crippen LogP contribution in [0.2, 0.25) is 0 Å². The van der Waals surface area contributed by atoms with Crippen LogP contribution in [0.25, 0.3) is 20.2 Å². The topological polar surface area (TPSA) is 40.9 Å². The van der Waals surface area contributed by atoms with E-state index in [-0.39, 0.29) is 5.43 Å².